The second-order valence-electron chi connectivity index (χ2n) is 9.71. The van der Waals surface area contributed by atoms with Gasteiger partial charge in [-0.1, -0.05) is 12.1 Å². The molecule has 4 aromatic heterocycles. The Balaban J connectivity index is 1.32. The maximum atomic E-state index is 5.99. The molecule has 0 saturated carbocycles. The van der Waals surface area contributed by atoms with Crippen LogP contribution in [0, 0.1) is 13.8 Å². The van der Waals surface area contributed by atoms with E-state index >= 15 is 0 Å². The molecule has 0 N–H and O–H groups in total. The first-order valence-corrected chi connectivity index (χ1v) is 13.0. The van der Waals surface area contributed by atoms with Crippen LogP contribution in [0.4, 0.5) is 0 Å². The van der Waals surface area contributed by atoms with Crippen molar-refractivity contribution in [3.8, 4) is 39.7 Å². The van der Waals surface area contributed by atoms with E-state index in [0.717, 1.165) is 69.7 Å². The van der Waals surface area contributed by atoms with Gasteiger partial charge >= 0.3 is 0 Å². The van der Waals surface area contributed by atoms with Crippen molar-refractivity contribution in [3.05, 3.63) is 90.4 Å². The van der Waals surface area contributed by atoms with Gasteiger partial charge in [0.25, 0.3) is 0 Å². The third-order valence-corrected chi connectivity index (χ3v) is 7.03. The third kappa shape index (κ3) is 4.85. The summed E-state index contributed by atoms with van der Waals surface area (Å²) in [6.07, 6.45) is 6.54. The van der Waals surface area contributed by atoms with Gasteiger partial charge in [0.05, 0.1) is 17.1 Å². The fourth-order valence-electron chi connectivity index (χ4n) is 5.09. The Hall–Kier alpha value is -4.03. The zero-order chi connectivity index (χ0) is 25.2. The minimum Gasteiger partial charge on any atom is -0.492 e. The van der Waals surface area contributed by atoms with Gasteiger partial charge in [-0.3, -0.25) is 19.3 Å². The molecule has 186 valence electrons. The molecule has 1 aliphatic rings. The highest BCUT2D eigenvalue weighted by atomic mass is 16.5. The quantitative estimate of drug-likeness (QED) is 0.272. The summed E-state index contributed by atoms with van der Waals surface area (Å²) in [6, 6.07) is 22.6. The third-order valence-electron chi connectivity index (χ3n) is 7.03. The van der Waals surface area contributed by atoms with E-state index in [4.69, 9.17) is 14.7 Å². The van der Waals surface area contributed by atoms with Crippen molar-refractivity contribution in [1.82, 2.24) is 24.3 Å². The molecule has 0 bridgehead atoms. The summed E-state index contributed by atoms with van der Waals surface area (Å²) in [7, 11) is 0. The average molecular weight is 490 g/mol. The highest BCUT2D eigenvalue weighted by Crippen LogP contribution is 2.34. The van der Waals surface area contributed by atoms with Crippen LogP contribution >= 0.6 is 0 Å². The second-order valence-corrected chi connectivity index (χ2v) is 9.71. The maximum absolute atomic E-state index is 5.99. The van der Waals surface area contributed by atoms with Gasteiger partial charge < -0.3 is 4.74 Å². The van der Waals surface area contributed by atoms with Gasteiger partial charge in [-0.25, -0.2) is 4.98 Å². The smallest absolute Gasteiger partial charge is 0.140 e. The molecule has 0 amide bonds. The highest BCUT2D eigenvalue weighted by molar-refractivity contribution is 5.82. The first-order valence-electron chi connectivity index (χ1n) is 13.0. The fraction of sp³-hybridized carbons (Fsp3) is 0.258. The molecule has 37 heavy (non-hydrogen) atoms. The Morgan fingerprint density at radius 3 is 2.49 bits per heavy atom. The molecule has 0 aliphatic carbocycles. The van der Waals surface area contributed by atoms with Crippen LogP contribution in [0.2, 0.25) is 0 Å². The Morgan fingerprint density at radius 1 is 0.838 bits per heavy atom. The number of ether oxygens (including phenoxy) is 1. The summed E-state index contributed by atoms with van der Waals surface area (Å²) in [4.78, 5) is 17.0. The number of pyridine rings is 3. The van der Waals surface area contributed by atoms with E-state index in [9.17, 15) is 0 Å². The highest BCUT2D eigenvalue weighted by Gasteiger charge is 2.19. The van der Waals surface area contributed by atoms with E-state index in [2.05, 4.69) is 57.7 Å². The van der Waals surface area contributed by atoms with E-state index in [1.54, 1.807) is 0 Å². The SMILES string of the molecule is Cc1cccc(-c2nc3c(C)cccn3c2-c2ccnc(-c3ccc(OCCN4CCCC4)cc3)c2)n1. The zero-order valence-corrected chi connectivity index (χ0v) is 21.4. The van der Waals surface area contributed by atoms with Crippen molar-refractivity contribution in [3.63, 3.8) is 0 Å². The number of imidazole rings is 1. The van der Waals surface area contributed by atoms with Gasteiger partial charge in [-0.2, -0.15) is 0 Å². The molecule has 1 aromatic carbocycles. The second kappa shape index (κ2) is 10.1. The van der Waals surface area contributed by atoms with Crippen molar-refractivity contribution in [2.45, 2.75) is 26.7 Å². The van der Waals surface area contributed by atoms with Crippen LogP contribution in [0.3, 0.4) is 0 Å². The number of hydrogen-bond acceptors (Lipinski definition) is 5. The molecular formula is C31H31N5O. The molecule has 6 nitrogen and oxygen atoms in total. The first-order chi connectivity index (χ1) is 18.2. The fourth-order valence-corrected chi connectivity index (χ4v) is 5.09. The van der Waals surface area contributed by atoms with E-state index in [0.29, 0.717) is 0 Å². The van der Waals surface area contributed by atoms with E-state index in [1.165, 1.54) is 25.9 Å². The number of aromatic nitrogens is 4. The summed E-state index contributed by atoms with van der Waals surface area (Å²) in [5.74, 6) is 0.893. The van der Waals surface area contributed by atoms with Crippen LogP contribution in [0.15, 0.2) is 79.1 Å². The molecule has 1 saturated heterocycles. The molecule has 0 atom stereocenters. The minimum absolute atomic E-state index is 0.719. The maximum Gasteiger partial charge on any atom is 0.140 e. The summed E-state index contributed by atoms with van der Waals surface area (Å²) >= 11 is 0. The minimum atomic E-state index is 0.719. The van der Waals surface area contributed by atoms with Gasteiger partial charge in [-0.05, 0) is 99.9 Å². The summed E-state index contributed by atoms with van der Waals surface area (Å²) in [5, 5.41) is 0. The standard InChI is InChI=1S/C31H31N5O/c1-22-7-6-18-36-30(29(34-31(22)36)27-9-5-8-23(2)33-27)25-14-15-32-28(21-25)24-10-12-26(13-11-24)37-20-19-35-16-3-4-17-35/h5-15,18,21H,3-4,16-17,19-20H2,1-2H3. The van der Waals surface area contributed by atoms with Crippen LogP contribution in [0.1, 0.15) is 24.1 Å². The topological polar surface area (TPSA) is 55.6 Å². The van der Waals surface area contributed by atoms with Crippen LogP contribution in [-0.4, -0.2) is 50.5 Å². The lowest BCUT2D eigenvalue weighted by molar-refractivity contribution is 0.238. The zero-order valence-electron chi connectivity index (χ0n) is 21.4. The van der Waals surface area contributed by atoms with Crippen molar-refractivity contribution >= 4 is 5.65 Å². The molecule has 5 heterocycles. The lowest BCUT2D eigenvalue weighted by Gasteiger charge is -2.15. The number of benzene rings is 1. The lowest BCUT2D eigenvalue weighted by atomic mass is 10.0. The number of rotatable bonds is 7. The Morgan fingerprint density at radius 2 is 1.68 bits per heavy atom. The van der Waals surface area contributed by atoms with Crippen molar-refractivity contribution in [2.24, 2.45) is 0 Å². The molecule has 6 rings (SSSR count). The molecule has 1 aliphatic heterocycles. The van der Waals surface area contributed by atoms with Crippen molar-refractivity contribution in [1.29, 1.82) is 0 Å². The number of aryl methyl sites for hydroxylation is 2. The lowest BCUT2D eigenvalue weighted by Crippen LogP contribution is -2.25. The Labute approximate surface area is 217 Å². The van der Waals surface area contributed by atoms with Crippen LogP contribution in [0.5, 0.6) is 5.75 Å². The average Bonchev–Trinajstić information content (AvgIpc) is 3.58. The Kier molecular flexibility index (Phi) is 6.41. The van der Waals surface area contributed by atoms with E-state index < -0.39 is 0 Å². The van der Waals surface area contributed by atoms with Gasteiger partial charge in [0.2, 0.25) is 0 Å². The van der Waals surface area contributed by atoms with E-state index in [1.807, 2.05) is 49.5 Å². The Bertz CT molecular complexity index is 1530. The summed E-state index contributed by atoms with van der Waals surface area (Å²) in [5.41, 5.74) is 8.79. The molecule has 1 fully saturated rings. The molecule has 0 radical (unpaired) electrons. The van der Waals surface area contributed by atoms with Crippen molar-refractivity contribution < 1.29 is 4.74 Å². The molecule has 0 spiro atoms. The van der Waals surface area contributed by atoms with Gasteiger partial charge in [0.1, 0.15) is 23.7 Å². The van der Waals surface area contributed by atoms with Gasteiger partial charge in [0, 0.05) is 35.8 Å². The van der Waals surface area contributed by atoms with Crippen LogP contribution in [-0.2, 0) is 0 Å². The summed E-state index contributed by atoms with van der Waals surface area (Å²) in [6.45, 7) is 8.19. The number of likely N-dealkylation sites (tertiary alicyclic amines) is 1. The predicted molar refractivity (Wildman–Crippen MR) is 148 cm³/mol. The van der Waals surface area contributed by atoms with Crippen LogP contribution in [0.25, 0.3) is 39.5 Å². The molecule has 6 heteroatoms. The van der Waals surface area contributed by atoms with E-state index in [-0.39, 0.29) is 0 Å². The molecule has 0 unspecified atom stereocenters. The largest absolute Gasteiger partial charge is 0.492 e. The summed E-state index contributed by atoms with van der Waals surface area (Å²) < 4.78 is 8.15. The number of hydrogen-bond donors (Lipinski definition) is 0. The normalized spacial score (nSPS) is 13.9. The van der Waals surface area contributed by atoms with Crippen molar-refractivity contribution in [2.75, 3.05) is 26.2 Å². The monoisotopic (exact) mass is 489 g/mol. The molecule has 5 aromatic rings. The van der Waals surface area contributed by atoms with Crippen LogP contribution < -0.4 is 4.74 Å². The predicted octanol–water partition coefficient (Wildman–Crippen LogP) is 6.22. The molecular weight excluding hydrogens is 458 g/mol. The van der Waals surface area contributed by atoms with Gasteiger partial charge in [0.15, 0.2) is 0 Å². The number of fused-ring (bicyclic) bond motifs is 1. The number of nitrogens with zero attached hydrogens (tertiary/aromatic N) is 5. The van der Waals surface area contributed by atoms with Gasteiger partial charge in [-0.15, -0.1) is 0 Å². The first kappa shape index (κ1) is 23.4.